The van der Waals surface area contributed by atoms with E-state index in [9.17, 15) is 13.2 Å². The van der Waals surface area contributed by atoms with E-state index in [1.165, 1.54) is 6.20 Å². The summed E-state index contributed by atoms with van der Waals surface area (Å²) in [6.45, 7) is 2.70. The van der Waals surface area contributed by atoms with Crippen molar-refractivity contribution < 1.29 is 13.2 Å². The SMILES string of the molecule is CCCn1cc(C(NN)c2ccc(F)c(F)c2F)cn1. The third-order valence-electron chi connectivity index (χ3n) is 2.98. The van der Waals surface area contributed by atoms with Gasteiger partial charge in [-0.3, -0.25) is 10.5 Å². The molecule has 0 saturated heterocycles. The second kappa shape index (κ2) is 6.06. The summed E-state index contributed by atoms with van der Waals surface area (Å²) < 4.78 is 41.7. The Morgan fingerprint density at radius 2 is 2.05 bits per heavy atom. The van der Waals surface area contributed by atoms with Gasteiger partial charge in [0.05, 0.1) is 12.2 Å². The topological polar surface area (TPSA) is 55.9 Å². The summed E-state index contributed by atoms with van der Waals surface area (Å²) in [5.74, 6) is 1.41. The van der Waals surface area contributed by atoms with Crippen LogP contribution in [0.25, 0.3) is 0 Å². The number of nitrogens with two attached hydrogens (primary N) is 1. The van der Waals surface area contributed by atoms with Crippen molar-refractivity contribution in [2.24, 2.45) is 5.84 Å². The van der Waals surface area contributed by atoms with Gasteiger partial charge in [0.1, 0.15) is 0 Å². The van der Waals surface area contributed by atoms with Gasteiger partial charge >= 0.3 is 0 Å². The first-order chi connectivity index (χ1) is 9.58. The first kappa shape index (κ1) is 14.5. The van der Waals surface area contributed by atoms with E-state index in [0.717, 1.165) is 18.6 Å². The Labute approximate surface area is 114 Å². The van der Waals surface area contributed by atoms with Crippen LogP contribution in [0.5, 0.6) is 0 Å². The molecular weight excluding hydrogens is 269 g/mol. The third kappa shape index (κ3) is 2.68. The summed E-state index contributed by atoms with van der Waals surface area (Å²) in [5, 5.41) is 4.10. The summed E-state index contributed by atoms with van der Waals surface area (Å²) in [6, 6.07) is 1.24. The molecule has 0 amide bonds. The Morgan fingerprint density at radius 1 is 1.30 bits per heavy atom. The van der Waals surface area contributed by atoms with Crippen LogP contribution in [-0.4, -0.2) is 9.78 Å². The van der Waals surface area contributed by atoms with E-state index in [1.807, 2.05) is 6.92 Å². The molecule has 0 aliphatic rings. The molecule has 4 nitrogen and oxygen atoms in total. The number of nitrogens with one attached hydrogen (secondary N) is 1. The van der Waals surface area contributed by atoms with E-state index in [1.54, 1.807) is 10.9 Å². The highest BCUT2D eigenvalue weighted by atomic mass is 19.2. The highest BCUT2D eigenvalue weighted by molar-refractivity contribution is 5.31. The molecule has 0 spiro atoms. The Morgan fingerprint density at radius 3 is 2.70 bits per heavy atom. The monoisotopic (exact) mass is 284 g/mol. The molecule has 7 heteroatoms. The molecule has 1 aromatic heterocycles. The molecule has 0 aliphatic heterocycles. The molecule has 1 aromatic carbocycles. The molecule has 2 rings (SSSR count). The second-order valence-electron chi connectivity index (χ2n) is 4.40. The van der Waals surface area contributed by atoms with Crippen molar-refractivity contribution in [3.63, 3.8) is 0 Å². The van der Waals surface area contributed by atoms with E-state index in [-0.39, 0.29) is 5.56 Å². The molecule has 0 aliphatic carbocycles. The smallest absolute Gasteiger partial charge is 0.194 e. The molecule has 108 valence electrons. The van der Waals surface area contributed by atoms with Gasteiger partial charge in [0.2, 0.25) is 0 Å². The zero-order chi connectivity index (χ0) is 14.7. The molecular formula is C13H15F3N4. The fourth-order valence-corrected chi connectivity index (χ4v) is 2.01. The van der Waals surface area contributed by atoms with Crippen LogP contribution < -0.4 is 11.3 Å². The van der Waals surface area contributed by atoms with Crippen molar-refractivity contribution in [3.05, 3.63) is 53.1 Å². The van der Waals surface area contributed by atoms with E-state index < -0.39 is 23.5 Å². The minimum Gasteiger partial charge on any atom is -0.272 e. The fraction of sp³-hybridized carbons (Fsp3) is 0.308. The standard InChI is InChI=1S/C13H15F3N4/c1-2-5-20-7-8(6-18-20)13(19-17)9-3-4-10(14)12(16)11(9)15/h3-4,6-7,13,19H,2,5,17H2,1H3. The van der Waals surface area contributed by atoms with Crippen molar-refractivity contribution in [2.75, 3.05) is 0 Å². The maximum atomic E-state index is 13.8. The predicted octanol–water partition coefficient (Wildman–Crippen LogP) is 2.26. The van der Waals surface area contributed by atoms with Crippen molar-refractivity contribution >= 4 is 0 Å². The van der Waals surface area contributed by atoms with Crippen LogP contribution in [-0.2, 0) is 6.54 Å². The van der Waals surface area contributed by atoms with Crippen LogP contribution in [0.15, 0.2) is 24.5 Å². The Kier molecular flexibility index (Phi) is 4.41. The molecule has 3 N–H and O–H groups in total. The van der Waals surface area contributed by atoms with Crippen LogP contribution in [0.1, 0.15) is 30.5 Å². The first-order valence-corrected chi connectivity index (χ1v) is 6.20. The van der Waals surface area contributed by atoms with E-state index >= 15 is 0 Å². The molecule has 20 heavy (non-hydrogen) atoms. The molecule has 2 aromatic rings. The van der Waals surface area contributed by atoms with E-state index in [4.69, 9.17) is 5.84 Å². The number of aryl methyl sites for hydroxylation is 1. The van der Waals surface area contributed by atoms with Crippen molar-refractivity contribution in [3.8, 4) is 0 Å². The van der Waals surface area contributed by atoms with Gasteiger partial charge in [-0.15, -0.1) is 0 Å². The first-order valence-electron chi connectivity index (χ1n) is 6.20. The number of nitrogens with zero attached hydrogens (tertiary/aromatic N) is 2. The highest BCUT2D eigenvalue weighted by Crippen LogP contribution is 2.26. The van der Waals surface area contributed by atoms with Gasteiger partial charge in [-0.2, -0.15) is 5.10 Å². The predicted molar refractivity (Wildman–Crippen MR) is 68.0 cm³/mol. The second-order valence-corrected chi connectivity index (χ2v) is 4.40. The maximum absolute atomic E-state index is 13.8. The average molecular weight is 284 g/mol. The Bertz CT molecular complexity index is 597. The molecule has 1 unspecified atom stereocenters. The van der Waals surface area contributed by atoms with Crippen molar-refractivity contribution in [1.82, 2.24) is 15.2 Å². The summed E-state index contributed by atoms with van der Waals surface area (Å²) in [7, 11) is 0. The van der Waals surface area contributed by atoms with Gasteiger partial charge < -0.3 is 0 Å². The summed E-state index contributed by atoms with van der Waals surface area (Å²) in [4.78, 5) is 0. The summed E-state index contributed by atoms with van der Waals surface area (Å²) in [5.41, 5.74) is 2.90. The fourth-order valence-electron chi connectivity index (χ4n) is 2.01. The van der Waals surface area contributed by atoms with Crippen molar-refractivity contribution in [1.29, 1.82) is 0 Å². The number of hydrogen-bond donors (Lipinski definition) is 2. The minimum absolute atomic E-state index is 0.0672. The third-order valence-corrected chi connectivity index (χ3v) is 2.98. The van der Waals surface area contributed by atoms with Gasteiger partial charge in [-0.05, 0) is 12.5 Å². The van der Waals surface area contributed by atoms with Gasteiger partial charge in [-0.25, -0.2) is 18.6 Å². The Hall–Kier alpha value is -1.86. The van der Waals surface area contributed by atoms with E-state index in [2.05, 4.69) is 10.5 Å². The highest BCUT2D eigenvalue weighted by Gasteiger charge is 2.22. The normalized spacial score (nSPS) is 12.7. The van der Waals surface area contributed by atoms with Crippen LogP contribution in [0.4, 0.5) is 13.2 Å². The zero-order valence-electron chi connectivity index (χ0n) is 10.9. The molecule has 1 atom stereocenters. The van der Waals surface area contributed by atoms with Gasteiger partial charge in [0, 0.05) is 23.9 Å². The lowest BCUT2D eigenvalue weighted by Crippen LogP contribution is -2.29. The van der Waals surface area contributed by atoms with Crippen LogP contribution in [0, 0.1) is 17.5 Å². The average Bonchev–Trinajstić information content (AvgIpc) is 2.88. The largest absolute Gasteiger partial charge is 0.272 e. The van der Waals surface area contributed by atoms with Gasteiger partial charge in [-0.1, -0.05) is 13.0 Å². The summed E-state index contributed by atoms with van der Waals surface area (Å²) >= 11 is 0. The number of hydrazine groups is 1. The Balaban J connectivity index is 2.39. The number of halogens is 3. The molecule has 1 heterocycles. The lowest BCUT2D eigenvalue weighted by Gasteiger charge is -2.15. The molecule has 0 bridgehead atoms. The number of hydrogen-bond acceptors (Lipinski definition) is 3. The molecule has 0 fully saturated rings. The zero-order valence-corrected chi connectivity index (χ0v) is 10.9. The lowest BCUT2D eigenvalue weighted by atomic mass is 10.0. The quantitative estimate of drug-likeness (QED) is 0.503. The van der Waals surface area contributed by atoms with Gasteiger partial charge in [0.25, 0.3) is 0 Å². The van der Waals surface area contributed by atoms with E-state index in [0.29, 0.717) is 12.1 Å². The van der Waals surface area contributed by atoms with Gasteiger partial charge in [0.15, 0.2) is 17.5 Å². The van der Waals surface area contributed by atoms with Crippen LogP contribution in [0.3, 0.4) is 0 Å². The molecule has 0 radical (unpaired) electrons. The minimum atomic E-state index is -1.51. The maximum Gasteiger partial charge on any atom is 0.194 e. The lowest BCUT2D eigenvalue weighted by molar-refractivity contribution is 0.433. The van der Waals surface area contributed by atoms with Crippen molar-refractivity contribution in [2.45, 2.75) is 25.9 Å². The van der Waals surface area contributed by atoms with Crippen LogP contribution >= 0.6 is 0 Å². The molecule has 0 saturated carbocycles. The number of aromatic nitrogens is 2. The number of rotatable bonds is 5. The number of benzene rings is 1. The van der Waals surface area contributed by atoms with Crippen LogP contribution in [0.2, 0.25) is 0 Å². The summed E-state index contributed by atoms with van der Waals surface area (Å²) in [6.07, 6.45) is 4.09.